The number of hydrogen-bond donors (Lipinski definition) is 1. The van der Waals surface area contributed by atoms with E-state index in [-0.39, 0.29) is 5.91 Å². The number of sulfonamides is 1. The number of aryl methyl sites for hydroxylation is 1. The number of benzene rings is 2. The molecular weight excluding hydrogens is 410 g/mol. The first-order valence-corrected chi connectivity index (χ1v) is 12.5. The minimum absolute atomic E-state index is 0.0207. The number of nitrogens with zero attached hydrogens (tertiary/aromatic N) is 2. The van der Waals surface area contributed by atoms with Gasteiger partial charge in [-0.3, -0.25) is 4.79 Å². The van der Waals surface area contributed by atoms with Gasteiger partial charge < -0.3 is 10.2 Å². The molecule has 1 fully saturated rings. The van der Waals surface area contributed by atoms with E-state index in [9.17, 15) is 13.2 Å². The van der Waals surface area contributed by atoms with Crippen LogP contribution in [0, 0.1) is 0 Å². The van der Waals surface area contributed by atoms with Gasteiger partial charge in [0.05, 0.1) is 4.90 Å². The van der Waals surface area contributed by atoms with Crippen LogP contribution in [0.3, 0.4) is 0 Å². The SMILES string of the molecule is CN(CCCNC(=O)CCc1ccc(S(=O)(=O)N2CCCCC2)cc1)c1ccccc1. The van der Waals surface area contributed by atoms with Crippen LogP contribution >= 0.6 is 0 Å². The van der Waals surface area contributed by atoms with Gasteiger partial charge in [-0.05, 0) is 55.5 Å². The van der Waals surface area contributed by atoms with Crippen LogP contribution in [0.25, 0.3) is 0 Å². The molecule has 1 N–H and O–H groups in total. The molecule has 0 bridgehead atoms. The number of para-hydroxylation sites is 1. The first-order valence-electron chi connectivity index (χ1n) is 11.1. The van der Waals surface area contributed by atoms with Gasteiger partial charge >= 0.3 is 0 Å². The molecule has 0 saturated carbocycles. The van der Waals surface area contributed by atoms with Gasteiger partial charge in [-0.15, -0.1) is 0 Å². The molecule has 6 nitrogen and oxygen atoms in total. The van der Waals surface area contributed by atoms with Crippen molar-refractivity contribution in [3.05, 3.63) is 60.2 Å². The Labute approximate surface area is 186 Å². The van der Waals surface area contributed by atoms with Crippen molar-refractivity contribution in [1.29, 1.82) is 0 Å². The van der Waals surface area contributed by atoms with Crippen LogP contribution in [0.4, 0.5) is 5.69 Å². The lowest BCUT2D eigenvalue weighted by Crippen LogP contribution is -2.35. The molecule has 1 aliphatic heterocycles. The summed E-state index contributed by atoms with van der Waals surface area (Å²) in [5, 5.41) is 2.97. The molecule has 1 heterocycles. The van der Waals surface area contributed by atoms with Gasteiger partial charge in [0.2, 0.25) is 15.9 Å². The molecule has 1 saturated heterocycles. The fourth-order valence-corrected chi connectivity index (χ4v) is 5.30. The molecule has 1 amide bonds. The highest BCUT2D eigenvalue weighted by Crippen LogP contribution is 2.21. The van der Waals surface area contributed by atoms with E-state index >= 15 is 0 Å². The van der Waals surface area contributed by atoms with Crippen LogP contribution in [0.1, 0.15) is 37.7 Å². The van der Waals surface area contributed by atoms with Crippen LogP contribution in [0.15, 0.2) is 59.5 Å². The zero-order valence-corrected chi connectivity index (χ0v) is 19.1. The van der Waals surface area contributed by atoms with Gasteiger partial charge in [0, 0.05) is 45.3 Å². The number of nitrogens with one attached hydrogen (secondary N) is 1. The molecule has 0 spiro atoms. The van der Waals surface area contributed by atoms with Crippen molar-refractivity contribution in [2.24, 2.45) is 0 Å². The van der Waals surface area contributed by atoms with Gasteiger partial charge in [-0.25, -0.2) is 8.42 Å². The molecule has 2 aromatic rings. The van der Waals surface area contributed by atoms with Crippen LogP contribution < -0.4 is 10.2 Å². The van der Waals surface area contributed by atoms with E-state index in [1.165, 1.54) is 5.69 Å². The summed E-state index contributed by atoms with van der Waals surface area (Å²) in [5.74, 6) is 0.0207. The third kappa shape index (κ3) is 6.80. The number of amides is 1. The molecule has 0 aromatic heterocycles. The summed E-state index contributed by atoms with van der Waals surface area (Å²) in [4.78, 5) is 14.6. The lowest BCUT2D eigenvalue weighted by atomic mass is 10.1. The summed E-state index contributed by atoms with van der Waals surface area (Å²) >= 11 is 0. The molecule has 0 radical (unpaired) electrons. The minimum atomic E-state index is -3.40. The van der Waals surface area contributed by atoms with Gasteiger partial charge in [0.1, 0.15) is 0 Å². The van der Waals surface area contributed by atoms with Gasteiger partial charge in [0.25, 0.3) is 0 Å². The summed E-state index contributed by atoms with van der Waals surface area (Å²) in [7, 11) is -1.35. The molecular formula is C24H33N3O3S. The maximum atomic E-state index is 12.7. The number of carbonyl (C=O) groups excluding carboxylic acids is 1. The van der Waals surface area contributed by atoms with Gasteiger partial charge in [0.15, 0.2) is 0 Å². The Morgan fingerprint density at radius 1 is 1.00 bits per heavy atom. The van der Waals surface area contributed by atoms with E-state index in [0.29, 0.717) is 37.4 Å². The highest BCUT2D eigenvalue weighted by molar-refractivity contribution is 7.89. The van der Waals surface area contributed by atoms with Crippen molar-refractivity contribution in [2.45, 2.75) is 43.4 Å². The standard InChI is InChI=1S/C24H33N3O3S/c1-26(22-9-4-2-5-10-22)18-8-17-25-24(28)16-13-21-11-14-23(15-12-21)31(29,30)27-19-6-3-7-20-27/h2,4-5,9-12,14-15H,3,6-8,13,16-20H2,1H3,(H,25,28). The monoisotopic (exact) mass is 443 g/mol. The topological polar surface area (TPSA) is 69.7 Å². The molecule has 0 unspecified atom stereocenters. The molecule has 2 aromatic carbocycles. The first kappa shape index (κ1) is 23.3. The Bertz CT molecular complexity index is 924. The summed E-state index contributed by atoms with van der Waals surface area (Å²) in [6.45, 7) is 2.72. The number of hydrogen-bond acceptors (Lipinski definition) is 4. The summed E-state index contributed by atoms with van der Waals surface area (Å²) in [5.41, 5.74) is 2.14. The number of piperidine rings is 1. The second-order valence-corrected chi connectivity index (χ2v) is 10.0. The molecule has 0 atom stereocenters. The van der Waals surface area contributed by atoms with Crippen LogP contribution in [0.2, 0.25) is 0 Å². The van der Waals surface area contributed by atoms with E-state index in [1.807, 2.05) is 37.4 Å². The fourth-order valence-electron chi connectivity index (χ4n) is 3.78. The van der Waals surface area contributed by atoms with Gasteiger partial charge in [-0.1, -0.05) is 36.8 Å². The molecule has 1 aliphatic rings. The maximum Gasteiger partial charge on any atom is 0.243 e. The van der Waals surface area contributed by atoms with Crippen molar-refractivity contribution < 1.29 is 13.2 Å². The van der Waals surface area contributed by atoms with Crippen molar-refractivity contribution >= 4 is 21.6 Å². The average molecular weight is 444 g/mol. The summed E-state index contributed by atoms with van der Waals surface area (Å²) in [6.07, 6.45) is 4.81. The van der Waals surface area contributed by atoms with E-state index in [2.05, 4.69) is 22.3 Å². The number of anilines is 1. The lowest BCUT2D eigenvalue weighted by molar-refractivity contribution is -0.121. The van der Waals surface area contributed by atoms with Crippen LogP contribution in [-0.4, -0.2) is 51.9 Å². The first-order chi connectivity index (χ1) is 15.0. The van der Waals surface area contributed by atoms with Crippen LogP contribution in [-0.2, 0) is 21.2 Å². The highest BCUT2D eigenvalue weighted by atomic mass is 32.2. The lowest BCUT2D eigenvalue weighted by Gasteiger charge is -2.25. The zero-order valence-electron chi connectivity index (χ0n) is 18.3. The number of rotatable bonds is 10. The average Bonchev–Trinajstić information content (AvgIpc) is 2.81. The van der Waals surface area contributed by atoms with Crippen molar-refractivity contribution in [3.8, 4) is 0 Å². The second kappa shape index (κ2) is 11.3. The second-order valence-electron chi connectivity index (χ2n) is 8.07. The predicted molar refractivity (Wildman–Crippen MR) is 125 cm³/mol. The van der Waals surface area contributed by atoms with Crippen molar-refractivity contribution in [1.82, 2.24) is 9.62 Å². The smallest absolute Gasteiger partial charge is 0.243 e. The van der Waals surface area contributed by atoms with E-state index in [4.69, 9.17) is 0 Å². The third-order valence-corrected chi connectivity index (χ3v) is 7.62. The van der Waals surface area contributed by atoms with Crippen molar-refractivity contribution in [3.63, 3.8) is 0 Å². The molecule has 31 heavy (non-hydrogen) atoms. The molecule has 168 valence electrons. The Kier molecular flexibility index (Phi) is 8.49. The Hall–Kier alpha value is -2.38. The summed E-state index contributed by atoms with van der Waals surface area (Å²) in [6, 6.07) is 17.1. The number of carbonyl (C=O) groups is 1. The van der Waals surface area contributed by atoms with Crippen molar-refractivity contribution in [2.75, 3.05) is 38.1 Å². The maximum absolute atomic E-state index is 12.7. The summed E-state index contributed by atoms with van der Waals surface area (Å²) < 4.78 is 27.0. The van der Waals surface area contributed by atoms with Gasteiger partial charge in [-0.2, -0.15) is 4.31 Å². The van der Waals surface area contributed by atoms with E-state index < -0.39 is 10.0 Å². The highest BCUT2D eigenvalue weighted by Gasteiger charge is 2.25. The largest absolute Gasteiger partial charge is 0.375 e. The molecule has 7 heteroatoms. The third-order valence-electron chi connectivity index (χ3n) is 5.71. The normalized spacial score (nSPS) is 14.9. The Morgan fingerprint density at radius 2 is 1.68 bits per heavy atom. The minimum Gasteiger partial charge on any atom is -0.375 e. The molecule has 3 rings (SSSR count). The fraction of sp³-hybridized carbons (Fsp3) is 0.458. The quantitative estimate of drug-likeness (QED) is 0.571. The van der Waals surface area contributed by atoms with Crippen LogP contribution in [0.5, 0.6) is 0 Å². The van der Waals surface area contributed by atoms with E-state index in [1.54, 1.807) is 16.4 Å². The Balaban J connectivity index is 1.38. The predicted octanol–water partition coefficient (Wildman–Crippen LogP) is 3.44. The molecule has 0 aliphatic carbocycles. The Morgan fingerprint density at radius 3 is 2.35 bits per heavy atom. The van der Waals surface area contributed by atoms with E-state index in [0.717, 1.165) is 37.8 Å². The zero-order chi connectivity index (χ0) is 22.1.